The molecule has 0 radical (unpaired) electrons. The molecule has 2 saturated heterocycles. The molecule has 8 atom stereocenters. The maximum absolute atomic E-state index is 13.9. The monoisotopic (exact) mass is 670 g/mol. The summed E-state index contributed by atoms with van der Waals surface area (Å²) in [7, 11) is 5.27. The van der Waals surface area contributed by atoms with Crippen LogP contribution in [0.4, 0.5) is 0 Å². The molecule has 0 aromatic carbocycles. The van der Waals surface area contributed by atoms with Crippen molar-refractivity contribution >= 4 is 11.8 Å². The maximum Gasteiger partial charge on any atom is 0.319 e. The summed E-state index contributed by atoms with van der Waals surface area (Å²) in [6.45, 7) is 23.6. The highest BCUT2D eigenvalue weighted by Gasteiger charge is 2.46. The molecule has 0 aromatic heterocycles. The predicted octanol–water partition coefficient (Wildman–Crippen LogP) is 5.06. The number of nitrogens with zero attached hydrogens (tertiary/aromatic N) is 3. The second-order valence-corrected chi connectivity index (χ2v) is 15.7. The lowest BCUT2D eigenvalue weighted by atomic mass is 9.81. The van der Waals surface area contributed by atoms with Gasteiger partial charge in [-0.3, -0.25) is 14.5 Å². The number of hydrogen-bond donors (Lipinski definition) is 1. The van der Waals surface area contributed by atoms with Crippen LogP contribution in [0.15, 0.2) is 0 Å². The summed E-state index contributed by atoms with van der Waals surface area (Å²) in [5, 5.41) is 11.0. The minimum atomic E-state index is -1.41. The highest BCUT2D eigenvalue weighted by molar-refractivity contribution is 6.04. The van der Waals surface area contributed by atoms with Crippen molar-refractivity contribution in [1.82, 2.24) is 14.7 Å². The zero-order chi connectivity index (χ0) is 35.5. The fraction of sp³-hybridized carbons (Fsp3) is 0.946. The second kappa shape index (κ2) is 19.9. The van der Waals surface area contributed by atoms with Gasteiger partial charge in [-0.1, -0.05) is 48.0 Å². The van der Waals surface area contributed by atoms with E-state index < -0.39 is 36.0 Å². The lowest BCUT2D eigenvalue weighted by Crippen LogP contribution is -2.56. The Morgan fingerprint density at radius 1 is 1.09 bits per heavy atom. The summed E-state index contributed by atoms with van der Waals surface area (Å²) in [5.41, 5.74) is -1.41. The van der Waals surface area contributed by atoms with Crippen molar-refractivity contribution in [2.24, 2.45) is 29.1 Å². The van der Waals surface area contributed by atoms with Crippen LogP contribution in [0.25, 0.3) is 0 Å². The average Bonchev–Trinajstić information content (AvgIpc) is 3.01. The van der Waals surface area contributed by atoms with Gasteiger partial charge >= 0.3 is 5.97 Å². The van der Waals surface area contributed by atoms with Gasteiger partial charge in [-0.15, -0.1) is 0 Å². The number of hydrogen-bond acceptors (Lipinski definition) is 10. The van der Waals surface area contributed by atoms with E-state index in [4.69, 9.17) is 18.9 Å². The number of piperidine rings is 1. The third-order valence-corrected chi connectivity index (χ3v) is 10.3. The molecule has 0 aromatic rings. The molecular weight excluding hydrogens is 598 g/mol. The van der Waals surface area contributed by atoms with E-state index in [1.807, 2.05) is 25.9 Å². The Morgan fingerprint density at radius 3 is 2.26 bits per heavy atom. The minimum Gasteiger partial charge on any atom is -0.463 e. The Labute approximate surface area is 287 Å². The fourth-order valence-electron chi connectivity index (χ4n) is 7.46. The first kappa shape index (κ1) is 42.0. The summed E-state index contributed by atoms with van der Waals surface area (Å²) in [6, 6.07) is -0.0632. The zero-order valence-corrected chi connectivity index (χ0v) is 32.0. The fourth-order valence-corrected chi connectivity index (χ4v) is 7.46. The summed E-state index contributed by atoms with van der Waals surface area (Å²) in [4.78, 5) is 34.5. The van der Waals surface area contributed by atoms with Crippen molar-refractivity contribution in [1.29, 1.82) is 0 Å². The van der Waals surface area contributed by atoms with E-state index in [2.05, 4.69) is 44.4 Å². The molecule has 0 spiro atoms. The number of ether oxygens (including phenoxy) is 4. The first-order chi connectivity index (χ1) is 22.0. The van der Waals surface area contributed by atoms with Crippen molar-refractivity contribution in [3.8, 4) is 0 Å². The van der Waals surface area contributed by atoms with Gasteiger partial charge in [0, 0.05) is 32.3 Å². The maximum atomic E-state index is 13.9. The first-order valence-electron chi connectivity index (χ1n) is 18.4. The SMILES string of the molecule is CCC[C@@H](C)CN(CC)[C@@H](COC(=O)C(C)(C)C(=O)[C@H](C)[C@H](OC)O[C@@H]1O[C@H](C)C[C@H](N(C)C)[C@H]1O)CC1CCN(CC(C)C)CC1. The van der Waals surface area contributed by atoms with Crippen molar-refractivity contribution < 1.29 is 33.6 Å². The van der Waals surface area contributed by atoms with Gasteiger partial charge in [0.25, 0.3) is 0 Å². The number of Topliss-reactive ketones (excluding diaryl/α,β-unsaturated/α-hetero) is 1. The molecule has 2 aliphatic heterocycles. The van der Waals surface area contributed by atoms with Crippen LogP contribution in [-0.4, -0.2) is 129 Å². The van der Waals surface area contributed by atoms with Crippen LogP contribution in [0.1, 0.15) is 101 Å². The molecule has 2 rings (SSSR count). The first-order valence-corrected chi connectivity index (χ1v) is 18.4. The lowest BCUT2D eigenvalue weighted by Gasteiger charge is -2.42. The van der Waals surface area contributed by atoms with E-state index in [1.54, 1.807) is 20.8 Å². The van der Waals surface area contributed by atoms with Crippen LogP contribution in [0.3, 0.4) is 0 Å². The molecule has 10 heteroatoms. The smallest absolute Gasteiger partial charge is 0.319 e. The number of carbonyl (C=O) groups is 2. The normalized spacial score (nSPS) is 26.0. The third kappa shape index (κ3) is 12.6. The average molecular weight is 670 g/mol. The molecule has 10 nitrogen and oxygen atoms in total. The lowest BCUT2D eigenvalue weighted by molar-refractivity contribution is -0.309. The zero-order valence-electron chi connectivity index (χ0n) is 32.0. The van der Waals surface area contributed by atoms with E-state index in [-0.39, 0.29) is 30.6 Å². The number of aliphatic hydroxyl groups excluding tert-OH is 1. The van der Waals surface area contributed by atoms with Crippen molar-refractivity contribution in [3.63, 3.8) is 0 Å². The van der Waals surface area contributed by atoms with Crippen LogP contribution < -0.4 is 0 Å². The summed E-state index contributed by atoms with van der Waals surface area (Å²) in [5.74, 6) is 0.128. The Bertz CT molecular complexity index is 924. The van der Waals surface area contributed by atoms with Gasteiger partial charge in [0.1, 0.15) is 18.1 Å². The number of esters is 1. The molecule has 0 unspecified atom stereocenters. The van der Waals surface area contributed by atoms with Crippen LogP contribution in [0.2, 0.25) is 0 Å². The van der Waals surface area contributed by atoms with E-state index in [0.29, 0.717) is 24.2 Å². The molecule has 2 aliphatic rings. The van der Waals surface area contributed by atoms with Crippen LogP contribution in [0.5, 0.6) is 0 Å². The van der Waals surface area contributed by atoms with Gasteiger partial charge in [0.05, 0.1) is 12.0 Å². The number of ketones is 1. The number of aliphatic hydroxyl groups is 1. The number of rotatable bonds is 20. The van der Waals surface area contributed by atoms with Gasteiger partial charge in [-0.25, -0.2) is 0 Å². The van der Waals surface area contributed by atoms with Gasteiger partial charge < -0.3 is 33.9 Å². The van der Waals surface area contributed by atoms with E-state index in [0.717, 1.165) is 64.8 Å². The Morgan fingerprint density at radius 2 is 1.72 bits per heavy atom. The molecule has 0 bridgehead atoms. The summed E-state index contributed by atoms with van der Waals surface area (Å²) >= 11 is 0. The topological polar surface area (TPSA) is 101 Å². The molecule has 1 N–H and O–H groups in total. The Kier molecular flexibility index (Phi) is 17.8. The molecule has 47 heavy (non-hydrogen) atoms. The van der Waals surface area contributed by atoms with Crippen molar-refractivity contribution in [3.05, 3.63) is 0 Å². The van der Waals surface area contributed by atoms with E-state index in [1.165, 1.54) is 7.11 Å². The molecule has 2 heterocycles. The summed E-state index contributed by atoms with van der Waals surface area (Å²) < 4.78 is 23.6. The second-order valence-electron chi connectivity index (χ2n) is 15.7. The predicted molar refractivity (Wildman–Crippen MR) is 187 cm³/mol. The van der Waals surface area contributed by atoms with E-state index in [9.17, 15) is 14.7 Å². The van der Waals surface area contributed by atoms with Gasteiger partial charge in [-0.2, -0.15) is 0 Å². The Balaban J connectivity index is 2.11. The quantitative estimate of drug-likeness (QED) is 0.108. The van der Waals surface area contributed by atoms with Crippen LogP contribution in [0, 0.1) is 29.1 Å². The van der Waals surface area contributed by atoms with Crippen LogP contribution >= 0.6 is 0 Å². The molecule has 0 saturated carbocycles. The third-order valence-electron chi connectivity index (χ3n) is 10.3. The number of carbonyl (C=O) groups excluding carboxylic acids is 2. The molecule has 0 aliphatic carbocycles. The standard InChI is InChI=1S/C37H71N3O7/c1-13-15-26(5)23-40(14-2)30(21-29-16-18-39(19-17-29)22-25(3)4)24-45-36(43)37(8,9)33(42)28(7)34(44-12)47-35-32(41)31(38(10)11)20-27(6)46-35/h25-32,34-35,41H,13-24H2,1-12H3/t26-,27-,28+,30-,31+,32-,34-,35+/m1/s1. The molecule has 0 amide bonds. The van der Waals surface area contributed by atoms with Crippen molar-refractivity contribution in [2.45, 2.75) is 138 Å². The Hall–Kier alpha value is -1.14. The van der Waals surface area contributed by atoms with E-state index >= 15 is 0 Å². The molecule has 276 valence electrons. The number of likely N-dealkylation sites (tertiary alicyclic amines) is 1. The highest BCUT2D eigenvalue weighted by atomic mass is 16.8. The molecular formula is C37H71N3O7. The summed E-state index contributed by atoms with van der Waals surface area (Å²) in [6.07, 6.45) is 3.24. The molecule has 2 fully saturated rings. The highest BCUT2D eigenvalue weighted by Crippen LogP contribution is 2.31. The van der Waals surface area contributed by atoms with Gasteiger partial charge in [0.15, 0.2) is 18.4 Å². The number of likely N-dealkylation sites (N-methyl/N-ethyl adjacent to an activating group) is 2. The van der Waals surface area contributed by atoms with Crippen molar-refractivity contribution in [2.75, 3.05) is 60.5 Å². The minimum absolute atomic E-state index is 0.0971. The van der Waals surface area contributed by atoms with Crippen LogP contribution in [-0.2, 0) is 28.5 Å². The van der Waals surface area contributed by atoms with Gasteiger partial charge in [-0.05, 0) is 104 Å². The largest absolute Gasteiger partial charge is 0.463 e. The van der Waals surface area contributed by atoms with Gasteiger partial charge in [0.2, 0.25) is 0 Å². The number of methoxy groups -OCH3 is 1.